The van der Waals surface area contributed by atoms with E-state index in [9.17, 15) is 4.79 Å². The number of amides is 2. The number of anilines is 1. The van der Waals surface area contributed by atoms with Crippen LogP contribution in [0.5, 0.6) is 0 Å². The lowest BCUT2D eigenvalue weighted by molar-refractivity contribution is 0.245. The number of aryl methyl sites for hydroxylation is 1. The Morgan fingerprint density at radius 2 is 2.54 bits per heavy atom. The molecule has 72 valence electrons. The van der Waals surface area contributed by atoms with Gasteiger partial charge in [-0.25, -0.2) is 9.78 Å². The van der Waals surface area contributed by atoms with E-state index in [0.717, 1.165) is 5.01 Å². The number of nitrogens with one attached hydrogen (secondary N) is 2. The van der Waals surface area contributed by atoms with E-state index in [2.05, 4.69) is 15.6 Å². The molecule has 2 amide bonds. The molecule has 0 aliphatic carbocycles. The minimum absolute atomic E-state index is 0.0604. The standard InChI is InChI=1S/C7H11N3O2S/c1-5-9-4-6(13-5)10-7(12)8-2-3-11/h4,11H,2-3H2,1H3,(H2,8,10,12). The molecule has 1 aromatic rings. The fraction of sp³-hybridized carbons (Fsp3) is 0.429. The Hall–Kier alpha value is -1.14. The van der Waals surface area contributed by atoms with Gasteiger partial charge in [0.25, 0.3) is 0 Å². The number of aliphatic hydroxyl groups is 1. The summed E-state index contributed by atoms with van der Waals surface area (Å²) >= 11 is 1.40. The molecule has 0 aliphatic heterocycles. The van der Waals surface area contributed by atoms with Gasteiger partial charge in [0.15, 0.2) is 0 Å². The van der Waals surface area contributed by atoms with E-state index in [1.807, 2.05) is 6.92 Å². The summed E-state index contributed by atoms with van der Waals surface area (Å²) in [4.78, 5) is 15.0. The van der Waals surface area contributed by atoms with Crippen molar-refractivity contribution in [1.29, 1.82) is 0 Å². The van der Waals surface area contributed by atoms with Crippen LogP contribution in [-0.2, 0) is 0 Å². The molecule has 5 nitrogen and oxygen atoms in total. The highest BCUT2D eigenvalue weighted by atomic mass is 32.1. The van der Waals surface area contributed by atoms with E-state index in [1.54, 1.807) is 6.20 Å². The van der Waals surface area contributed by atoms with Crippen LogP contribution in [0, 0.1) is 6.92 Å². The van der Waals surface area contributed by atoms with Crippen LogP contribution < -0.4 is 10.6 Å². The van der Waals surface area contributed by atoms with Crippen LogP contribution in [0.3, 0.4) is 0 Å². The first-order chi connectivity index (χ1) is 6.22. The van der Waals surface area contributed by atoms with Crippen LogP contribution in [0.1, 0.15) is 5.01 Å². The third-order valence-electron chi connectivity index (χ3n) is 1.26. The number of carbonyl (C=O) groups excluding carboxylic acids is 1. The molecule has 6 heteroatoms. The van der Waals surface area contributed by atoms with E-state index >= 15 is 0 Å². The molecule has 1 rings (SSSR count). The second kappa shape index (κ2) is 4.78. The van der Waals surface area contributed by atoms with Crippen molar-refractivity contribution in [1.82, 2.24) is 10.3 Å². The largest absolute Gasteiger partial charge is 0.395 e. The van der Waals surface area contributed by atoms with Crippen LogP contribution in [0.4, 0.5) is 9.80 Å². The molecule has 0 unspecified atom stereocenters. The number of hydrogen-bond donors (Lipinski definition) is 3. The number of aliphatic hydroxyl groups excluding tert-OH is 1. The number of carbonyl (C=O) groups is 1. The predicted molar refractivity (Wildman–Crippen MR) is 51.0 cm³/mol. The second-order valence-electron chi connectivity index (χ2n) is 2.35. The van der Waals surface area contributed by atoms with Gasteiger partial charge in [-0.2, -0.15) is 0 Å². The Morgan fingerprint density at radius 3 is 3.08 bits per heavy atom. The van der Waals surface area contributed by atoms with E-state index < -0.39 is 0 Å². The van der Waals surface area contributed by atoms with Crippen molar-refractivity contribution in [2.75, 3.05) is 18.5 Å². The lowest BCUT2D eigenvalue weighted by atomic mass is 10.7. The van der Waals surface area contributed by atoms with Crippen molar-refractivity contribution >= 4 is 22.4 Å². The first-order valence-corrected chi connectivity index (χ1v) is 4.62. The van der Waals surface area contributed by atoms with Crippen LogP contribution >= 0.6 is 11.3 Å². The van der Waals surface area contributed by atoms with Gasteiger partial charge < -0.3 is 10.4 Å². The second-order valence-corrected chi connectivity index (χ2v) is 3.58. The number of thiazole rings is 1. The van der Waals surface area contributed by atoms with E-state index in [1.165, 1.54) is 11.3 Å². The van der Waals surface area contributed by atoms with Crippen molar-refractivity contribution in [3.63, 3.8) is 0 Å². The van der Waals surface area contributed by atoms with Gasteiger partial charge in [-0.15, -0.1) is 11.3 Å². The maximum atomic E-state index is 11.0. The van der Waals surface area contributed by atoms with E-state index in [0.29, 0.717) is 5.00 Å². The van der Waals surface area contributed by atoms with E-state index in [4.69, 9.17) is 5.11 Å². The maximum Gasteiger partial charge on any atom is 0.319 e. The van der Waals surface area contributed by atoms with Crippen molar-refractivity contribution in [2.24, 2.45) is 0 Å². The maximum absolute atomic E-state index is 11.0. The van der Waals surface area contributed by atoms with Crippen LogP contribution in [0.15, 0.2) is 6.20 Å². The highest BCUT2D eigenvalue weighted by Gasteiger charge is 2.02. The van der Waals surface area contributed by atoms with Gasteiger partial charge in [0.05, 0.1) is 17.8 Å². The van der Waals surface area contributed by atoms with Crippen LogP contribution in [0.2, 0.25) is 0 Å². The van der Waals surface area contributed by atoms with Gasteiger partial charge in [0.2, 0.25) is 0 Å². The Kier molecular flexibility index (Phi) is 3.66. The lowest BCUT2D eigenvalue weighted by Gasteiger charge is -2.02. The average Bonchev–Trinajstić information content (AvgIpc) is 2.48. The number of rotatable bonds is 3. The number of urea groups is 1. The SMILES string of the molecule is Cc1ncc(NC(=O)NCCO)s1. The zero-order valence-corrected chi connectivity index (χ0v) is 8.02. The zero-order valence-electron chi connectivity index (χ0n) is 7.20. The van der Waals surface area contributed by atoms with Gasteiger partial charge in [-0.1, -0.05) is 0 Å². The monoisotopic (exact) mass is 201 g/mol. The molecule has 0 saturated carbocycles. The van der Waals surface area contributed by atoms with Gasteiger partial charge in [0, 0.05) is 6.54 Å². The van der Waals surface area contributed by atoms with Crippen LogP contribution in [0.25, 0.3) is 0 Å². The van der Waals surface area contributed by atoms with Gasteiger partial charge >= 0.3 is 6.03 Å². The molecule has 0 saturated heterocycles. The summed E-state index contributed by atoms with van der Waals surface area (Å²) in [5.74, 6) is 0. The van der Waals surface area contributed by atoms with Gasteiger partial charge in [-0.3, -0.25) is 5.32 Å². The van der Waals surface area contributed by atoms with E-state index in [-0.39, 0.29) is 19.2 Å². The molecule has 0 aromatic carbocycles. The molecular weight excluding hydrogens is 190 g/mol. The molecule has 1 aromatic heterocycles. The highest BCUT2D eigenvalue weighted by molar-refractivity contribution is 7.15. The Morgan fingerprint density at radius 1 is 1.77 bits per heavy atom. The molecule has 0 fully saturated rings. The van der Waals surface area contributed by atoms with Gasteiger partial charge in [0.1, 0.15) is 5.00 Å². The molecule has 3 N–H and O–H groups in total. The third kappa shape index (κ3) is 3.39. The minimum Gasteiger partial charge on any atom is -0.395 e. The Bertz CT molecular complexity index is 287. The zero-order chi connectivity index (χ0) is 9.68. The molecule has 0 bridgehead atoms. The first-order valence-electron chi connectivity index (χ1n) is 3.80. The van der Waals surface area contributed by atoms with Crippen LogP contribution in [-0.4, -0.2) is 29.3 Å². The molecule has 0 atom stereocenters. The summed E-state index contributed by atoms with van der Waals surface area (Å²) < 4.78 is 0. The Labute approximate surface area is 79.8 Å². The summed E-state index contributed by atoms with van der Waals surface area (Å²) in [7, 11) is 0. The summed E-state index contributed by atoms with van der Waals surface area (Å²) in [6.07, 6.45) is 1.60. The number of nitrogens with zero attached hydrogens (tertiary/aromatic N) is 1. The fourth-order valence-electron chi connectivity index (χ4n) is 0.745. The van der Waals surface area contributed by atoms with Crippen molar-refractivity contribution in [3.8, 4) is 0 Å². The smallest absolute Gasteiger partial charge is 0.319 e. The molecule has 1 heterocycles. The Balaban J connectivity index is 2.36. The summed E-state index contributed by atoms with van der Waals surface area (Å²) in [5.41, 5.74) is 0. The topological polar surface area (TPSA) is 74.2 Å². The molecule has 13 heavy (non-hydrogen) atoms. The summed E-state index contributed by atoms with van der Waals surface area (Å²) in [6, 6.07) is -0.322. The highest BCUT2D eigenvalue weighted by Crippen LogP contribution is 2.16. The fourth-order valence-corrected chi connectivity index (χ4v) is 1.42. The first kappa shape index (κ1) is 9.94. The third-order valence-corrected chi connectivity index (χ3v) is 2.08. The average molecular weight is 201 g/mol. The predicted octanol–water partition coefficient (Wildman–Crippen LogP) is 0.565. The molecule has 0 aliphatic rings. The molecule has 0 spiro atoms. The normalized spacial score (nSPS) is 9.69. The van der Waals surface area contributed by atoms with Crippen molar-refractivity contribution in [3.05, 3.63) is 11.2 Å². The number of hydrogen-bond acceptors (Lipinski definition) is 4. The number of aromatic nitrogens is 1. The quantitative estimate of drug-likeness (QED) is 0.669. The van der Waals surface area contributed by atoms with Crippen molar-refractivity contribution < 1.29 is 9.90 Å². The summed E-state index contributed by atoms with van der Waals surface area (Å²) in [5, 5.41) is 15.1. The molecular formula is C7H11N3O2S. The minimum atomic E-state index is -0.322. The lowest BCUT2D eigenvalue weighted by Crippen LogP contribution is -2.30. The summed E-state index contributed by atoms with van der Waals surface area (Å²) in [6.45, 7) is 2.06. The van der Waals surface area contributed by atoms with Crippen molar-refractivity contribution in [2.45, 2.75) is 6.92 Å². The van der Waals surface area contributed by atoms with Gasteiger partial charge in [-0.05, 0) is 6.92 Å². The molecule has 0 radical (unpaired) electrons.